The number of hydrogen-bond donors (Lipinski definition) is 0. The minimum absolute atomic E-state index is 0.0751. The molecule has 0 N–H and O–H groups in total. The Labute approximate surface area is 164 Å². The Morgan fingerprint density at radius 2 is 1.96 bits per heavy atom. The van der Waals surface area contributed by atoms with Crippen molar-refractivity contribution in [2.75, 3.05) is 17.2 Å². The lowest BCUT2D eigenvalue weighted by atomic mass is 10.0. The highest BCUT2D eigenvalue weighted by atomic mass is 32.2. The first-order valence-electron chi connectivity index (χ1n) is 9.10. The molecule has 1 aliphatic rings. The number of hydrogen-bond acceptors (Lipinski definition) is 5. The smallest absolute Gasteiger partial charge is 0.230 e. The molecule has 1 aromatic heterocycles. The number of benzene rings is 1. The Bertz CT molecular complexity index is 907. The predicted octanol–water partition coefficient (Wildman–Crippen LogP) is 3.71. The molecule has 0 unspecified atom stereocenters. The van der Waals surface area contributed by atoms with Crippen molar-refractivity contribution in [3.63, 3.8) is 0 Å². The molecule has 0 spiro atoms. The molecule has 144 valence electrons. The lowest BCUT2D eigenvalue weighted by molar-refractivity contribution is -0.118. The zero-order valence-corrected chi connectivity index (χ0v) is 17.1. The normalized spacial score (nSPS) is 13.8. The Kier molecular flexibility index (Phi) is 6.11. The predicted molar refractivity (Wildman–Crippen MR) is 109 cm³/mol. The first-order chi connectivity index (χ1) is 12.9. The SMILES string of the molecule is C=CCN(C(=O)CCS(=O)(=O)c1ccc(C)cc1)c1nc2c(s1)CCCC2. The molecule has 27 heavy (non-hydrogen) atoms. The van der Waals surface area contributed by atoms with Gasteiger partial charge in [-0.25, -0.2) is 13.4 Å². The fourth-order valence-electron chi connectivity index (χ4n) is 3.09. The highest BCUT2D eigenvalue weighted by molar-refractivity contribution is 7.91. The third-order valence-corrected chi connectivity index (χ3v) is 7.56. The number of thiazole rings is 1. The van der Waals surface area contributed by atoms with Gasteiger partial charge in [0.2, 0.25) is 5.91 Å². The van der Waals surface area contributed by atoms with Gasteiger partial charge in [-0.1, -0.05) is 23.8 Å². The van der Waals surface area contributed by atoms with Crippen LogP contribution in [0.2, 0.25) is 0 Å². The van der Waals surface area contributed by atoms with Gasteiger partial charge in [0.15, 0.2) is 15.0 Å². The van der Waals surface area contributed by atoms with Crippen molar-refractivity contribution in [2.45, 2.75) is 43.9 Å². The van der Waals surface area contributed by atoms with E-state index in [1.165, 1.54) is 16.2 Å². The van der Waals surface area contributed by atoms with Crippen LogP contribution in [-0.4, -0.2) is 31.6 Å². The third-order valence-electron chi connectivity index (χ3n) is 4.64. The van der Waals surface area contributed by atoms with Crippen LogP contribution in [-0.2, 0) is 27.5 Å². The third kappa shape index (κ3) is 4.65. The molecular weight excluding hydrogens is 380 g/mol. The van der Waals surface area contributed by atoms with Crippen LogP contribution in [0.5, 0.6) is 0 Å². The van der Waals surface area contributed by atoms with Crippen molar-refractivity contribution >= 4 is 32.2 Å². The molecule has 0 saturated carbocycles. The minimum Gasteiger partial charge on any atom is -0.284 e. The van der Waals surface area contributed by atoms with Gasteiger partial charge in [0.1, 0.15) is 0 Å². The molecule has 7 heteroatoms. The minimum atomic E-state index is -3.50. The molecule has 0 radical (unpaired) electrons. The summed E-state index contributed by atoms with van der Waals surface area (Å²) >= 11 is 1.54. The van der Waals surface area contributed by atoms with Gasteiger partial charge in [0.25, 0.3) is 0 Å². The van der Waals surface area contributed by atoms with Crippen molar-refractivity contribution in [1.82, 2.24) is 4.98 Å². The summed E-state index contributed by atoms with van der Waals surface area (Å²) in [6.07, 6.45) is 5.80. The molecular formula is C20H24N2O3S2. The number of amides is 1. The number of aromatic nitrogens is 1. The molecule has 0 aliphatic heterocycles. The fraction of sp³-hybridized carbons (Fsp3) is 0.400. The lowest BCUT2D eigenvalue weighted by Crippen LogP contribution is -2.32. The van der Waals surface area contributed by atoms with Crippen LogP contribution in [0.3, 0.4) is 0 Å². The maximum absolute atomic E-state index is 12.8. The van der Waals surface area contributed by atoms with Crippen molar-refractivity contribution in [3.05, 3.63) is 53.1 Å². The largest absolute Gasteiger partial charge is 0.284 e. The second-order valence-electron chi connectivity index (χ2n) is 6.75. The van der Waals surface area contributed by atoms with Crippen molar-refractivity contribution < 1.29 is 13.2 Å². The van der Waals surface area contributed by atoms with Crippen LogP contribution in [0.15, 0.2) is 41.8 Å². The summed E-state index contributed by atoms with van der Waals surface area (Å²) in [5, 5.41) is 0.652. The highest BCUT2D eigenvalue weighted by Crippen LogP contribution is 2.32. The fourth-order valence-corrected chi connectivity index (χ4v) is 5.49. The van der Waals surface area contributed by atoms with Gasteiger partial charge in [0.05, 0.1) is 16.3 Å². The summed E-state index contributed by atoms with van der Waals surface area (Å²) in [5.74, 6) is -0.454. The van der Waals surface area contributed by atoms with E-state index < -0.39 is 9.84 Å². The van der Waals surface area contributed by atoms with Gasteiger partial charge in [0, 0.05) is 17.8 Å². The molecule has 0 fully saturated rings. The van der Waals surface area contributed by atoms with Crippen LogP contribution >= 0.6 is 11.3 Å². The molecule has 1 aromatic carbocycles. The quantitative estimate of drug-likeness (QED) is 0.660. The topological polar surface area (TPSA) is 67.3 Å². The zero-order chi connectivity index (χ0) is 19.4. The molecule has 3 rings (SSSR count). The van der Waals surface area contributed by atoms with Crippen LogP contribution in [0.25, 0.3) is 0 Å². The van der Waals surface area contributed by atoms with E-state index in [0.717, 1.165) is 36.9 Å². The van der Waals surface area contributed by atoms with Crippen LogP contribution in [0, 0.1) is 6.92 Å². The molecule has 0 atom stereocenters. The highest BCUT2D eigenvalue weighted by Gasteiger charge is 2.24. The Balaban J connectivity index is 1.72. The second kappa shape index (κ2) is 8.35. The van der Waals surface area contributed by atoms with E-state index in [2.05, 4.69) is 11.6 Å². The van der Waals surface area contributed by atoms with Gasteiger partial charge < -0.3 is 0 Å². The van der Waals surface area contributed by atoms with E-state index in [9.17, 15) is 13.2 Å². The summed E-state index contributed by atoms with van der Waals surface area (Å²) in [7, 11) is -3.50. The molecule has 2 aromatic rings. The molecule has 0 saturated heterocycles. The summed E-state index contributed by atoms with van der Waals surface area (Å²) in [4.78, 5) is 20.4. The molecule has 1 heterocycles. The maximum Gasteiger partial charge on any atom is 0.230 e. The van der Waals surface area contributed by atoms with Gasteiger partial charge in [-0.15, -0.1) is 17.9 Å². The lowest BCUT2D eigenvalue weighted by Gasteiger charge is -2.18. The number of rotatable bonds is 7. The first kappa shape index (κ1) is 19.8. The molecule has 1 amide bonds. The average molecular weight is 405 g/mol. The van der Waals surface area contributed by atoms with Crippen molar-refractivity contribution in [1.29, 1.82) is 0 Å². The number of carbonyl (C=O) groups is 1. The molecule has 5 nitrogen and oxygen atoms in total. The summed E-state index contributed by atoms with van der Waals surface area (Å²) in [5.41, 5.74) is 2.07. The van der Waals surface area contributed by atoms with Gasteiger partial charge in [-0.3, -0.25) is 9.69 Å². The Hall–Kier alpha value is -1.99. The number of sulfone groups is 1. The van der Waals surface area contributed by atoms with Crippen molar-refractivity contribution in [2.24, 2.45) is 0 Å². The van der Waals surface area contributed by atoms with E-state index in [1.807, 2.05) is 6.92 Å². The van der Waals surface area contributed by atoms with Gasteiger partial charge in [-0.2, -0.15) is 0 Å². The molecule has 0 bridgehead atoms. The monoisotopic (exact) mass is 404 g/mol. The van der Waals surface area contributed by atoms with Crippen molar-refractivity contribution in [3.8, 4) is 0 Å². The number of carbonyl (C=O) groups excluding carboxylic acids is 1. The van der Waals surface area contributed by atoms with Crippen LogP contribution in [0.4, 0.5) is 5.13 Å². The first-order valence-corrected chi connectivity index (χ1v) is 11.6. The number of nitrogens with zero attached hydrogens (tertiary/aromatic N) is 2. The van der Waals surface area contributed by atoms with E-state index in [0.29, 0.717) is 11.7 Å². The van der Waals surface area contributed by atoms with E-state index in [-0.39, 0.29) is 23.0 Å². The van der Waals surface area contributed by atoms with E-state index >= 15 is 0 Å². The molecule has 1 aliphatic carbocycles. The van der Waals surface area contributed by atoms with Gasteiger partial charge in [-0.05, 0) is 44.7 Å². The summed E-state index contributed by atoms with van der Waals surface area (Å²) < 4.78 is 25.0. The second-order valence-corrected chi connectivity index (χ2v) is 9.92. The Morgan fingerprint density at radius 3 is 2.63 bits per heavy atom. The average Bonchev–Trinajstić information content (AvgIpc) is 3.08. The number of aryl methyl sites for hydroxylation is 3. The standard InChI is InChI=1S/C20H24N2O3S2/c1-3-13-22(20-21-17-6-4-5-7-18(17)26-20)19(23)12-14-27(24,25)16-10-8-15(2)9-11-16/h3,8-11H,1,4-7,12-14H2,2H3. The Morgan fingerprint density at radius 1 is 1.26 bits per heavy atom. The van der Waals surface area contributed by atoms with Crippen LogP contribution < -0.4 is 4.90 Å². The van der Waals surface area contributed by atoms with E-state index in [4.69, 9.17) is 0 Å². The maximum atomic E-state index is 12.8. The van der Waals surface area contributed by atoms with Gasteiger partial charge >= 0.3 is 0 Å². The number of anilines is 1. The number of fused-ring (bicyclic) bond motifs is 1. The zero-order valence-electron chi connectivity index (χ0n) is 15.5. The summed E-state index contributed by atoms with van der Waals surface area (Å²) in [6.45, 7) is 5.95. The summed E-state index contributed by atoms with van der Waals surface area (Å²) in [6, 6.07) is 6.70. The van der Waals surface area contributed by atoms with Crippen LogP contribution in [0.1, 0.15) is 35.4 Å². The van der Waals surface area contributed by atoms with E-state index in [1.54, 1.807) is 35.2 Å².